The Hall–Kier alpha value is -1.71. The van der Waals surface area contributed by atoms with Crippen LogP contribution in [0.2, 0.25) is 0 Å². The lowest BCUT2D eigenvalue weighted by atomic mass is 10.0. The maximum absolute atomic E-state index is 11.9. The lowest BCUT2D eigenvalue weighted by molar-refractivity contribution is 0.0944. The van der Waals surface area contributed by atoms with Crippen molar-refractivity contribution in [3.63, 3.8) is 0 Å². The van der Waals surface area contributed by atoms with Crippen LogP contribution in [0, 0.1) is 5.41 Å². The lowest BCUT2D eigenvalue weighted by Crippen LogP contribution is -2.30. The number of rotatable bonds is 4. The second-order valence-corrected chi connectivity index (χ2v) is 4.92. The Morgan fingerprint density at radius 3 is 2.35 bits per heavy atom. The van der Waals surface area contributed by atoms with Crippen molar-refractivity contribution in [3.8, 4) is 0 Å². The number of benzene rings is 1. The predicted octanol–water partition coefficient (Wildman–Crippen LogP) is 1.77. The first-order valence-electron chi connectivity index (χ1n) is 5.99. The fourth-order valence-electron chi connectivity index (χ4n) is 2.01. The molecule has 1 aliphatic carbocycles. The molecule has 4 nitrogen and oxygen atoms in total. The monoisotopic (exact) mass is 233 g/mol. The largest absolute Gasteiger partial charge is 0.399 e. The van der Waals surface area contributed by atoms with Crippen molar-refractivity contribution < 1.29 is 4.79 Å². The van der Waals surface area contributed by atoms with Crippen molar-refractivity contribution in [2.75, 3.05) is 18.0 Å². The first-order chi connectivity index (χ1) is 8.04. The third-order valence-corrected chi connectivity index (χ3v) is 3.57. The summed E-state index contributed by atoms with van der Waals surface area (Å²) in [5.41, 5.74) is 13.2. The van der Waals surface area contributed by atoms with Gasteiger partial charge in [-0.3, -0.25) is 4.79 Å². The Morgan fingerprint density at radius 2 is 1.88 bits per heavy atom. The Bertz CT molecular complexity index is 418. The normalized spacial score (nSPS) is 16.5. The van der Waals surface area contributed by atoms with Crippen LogP contribution < -0.4 is 16.8 Å². The maximum atomic E-state index is 11.9. The SMILES string of the molecule is CCC1(CNC(=O)c2cc(N)cc(N)c2)CC1. The summed E-state index contributed by atoms with van der Waals surface area (Å²) in [5, 5.41) is 2.96. The topological polar surface area (TPSA) is 81.1 Å². The number of hydrogen-bond acceptors (Lipinski definition) is 3. The van der Waals surface area contributed by atoms with Gasteiger partial charge in [-0.2, -0.15) is 0 Å². The van der Waals surface area contributed by atoms with E-state index >= 15 is 0 Å². The summed E-state index contributed by atoms with van der Waals surface area (Å²) in [5.74, 6) is -0.0938. The smallest absolute Gasteiger partial charge is 0.251 e. The number of hydrogen-bond donors (Lipinski definition) is 3. The molecular formula is C13H19N3O. The second kappa shape index (κ2) is 4.28. The minimum atomic E-state index is -0.0938. The zero-order valence-corrected chi connectivity index (χ0v) is 10.1. The van der Waals surface area contributed by atoms with Crippen LogP contribution in [0.1, 0.15) is 36.5 Å². The minimum absolute atomic E-state index is 0.0938. The first kappa shape index (κ1) is 11.8. The van der Waals surface area contributed by atoms with Gasteiger partial charge in [0.25, 0.3) is 5.91 Å². The maximum Gasteiger partial charge on any atom is 0.251 e. The number of anilines is 2. The molecule has 0 spiro atoms. The summed E-state index contributed by atoms with van der Waals surface area (Å²) >= 11 is 0. The van der Waals surface area contributed by atoms with Gasteiger partial charge in [-0.1, -0.05) is 6.92 Å². The predicted molar refractivity (Wildman–Crippen MR) is 69.6 cm³/mol. The van der Waals surface area contributed by atoms with E-state index in [2.05, 4.69) is 12.2 Å². The molecule has 0 atom stereocenters. The fourth-order valence-corrected chi connectivity index (χ4v) is 2.01. The molecule has 0 heterocycles. The molecule has 1 aliphatic rings. The number of nitrogen functional groups attached to an aromatic ring is 2. The molecule has 4 heteroatoms. The Balaban J connectivity index is 1.99. The standard InChI is InChI=1S/C13H19N3O/c1-2-13(3-4-13)8-16-12(17)9-5-10(14)7-11(15)6-9/h5-7H,2-4,8,14-15H2,1H3,(H,16,17). The van der Waals surface area contributed by atoms with Crippen molar-refractivity contribution in [3.05, 3.63) is 23.8 Å². The summed E-state index contributed by atoms with van der Waals surface area (Å²) in [4.78, 5) is 11.9. The third kappa shape index (κ3) is 2.70. The lowest BCUT2D eigenvalue weighted by Gasteiger charge is -2.13. The van der Waals surface area contributed by atoms with Gasteiger partial charge < -0.3 is 16.8 Å². The molecule has 0 unspecified atom stereocenters. The van der Waals surface area contributed by atoms with Crippen molar-refractivity contribution in [2.45, 2.75) is 26.2 Å². The molecule has 1 aromatic rings. The summed E-state index contributed by atoms with van der Waals surface area (Å²) in [7, 11) is 0. The second-order valence-electron chi connectivity index (χ2n) is 4.92. The van der Waals surface area contributed by atoms with E-state index in [4.69, 9.17) is 11.5 Å². The van der Waals surface area contributed by atoms with Crippen LogP contribution in [0.5, 0.6) is 0 Å². The van der Waals surface area contributed by atoms with Crippen LogP contribution in [0.25, 0.3) is 0 Å². The first-order valence-corrected chi connectivity index (χ1v) is 5.99. The number of amides is 1. The number of nitrogens with two attached hydrogens (primary N) is 2. The van der Waals surface area contributed by atoms with E-state index in [-0.39, 0.29) is 5.91 Å². The quantitative estimate of drug-likeness (QED) is 0.693. The van der Waals surface area contributed by atoms with E-state index in [1.165, 1.54) is 12.8 Å². The van der Waals surface area contributed by atoms with E-state index in [0.29, 0.717) is 22.4 Å². The van der Waals surface area contributed by atoms with Gasteiger partial charge in [0.1, 0.15) is 0 Å². The third-order valence-electron chi connectivity index (χ3n) is 3.57. The van der Waals surface area contributed by atoms with E-state index in [1.54, 1.807) is 18.2 Å². The van der Waals surface area contributed by atoms with Crippen LogP contribution in [0.15, 0.2) is 18.2 Å². The molecule has 1 fully saturated rings. The van der Waals surface area contributed by atoms with E-state index in [1.807, 2.05) is 0 Å². The van der Waals surface area contributed by atoms with Crippen LogP contribution in [-0.4, -0.2) is 12.5 Å². The van der Waals surface area contributed by atoms with E-state index < -0.39 is 0 Å². The summed E-state index contributed by atoms with van der Waals surface area (Å²) in [6.45, 7) is 2.91. The van der Waals surface area contributed by atoms with Crippen molar-refractivity contribution in [1.82, 2.24) is 5.32 Å². The molecule has 5 N–H and O–H groups in total. The minimum Gasteiger partial charge on any atom is -0.399 e. The Labute approximate surface area is 101 Å². The molecule has 0 aliphatic heterocycles. The van der Waals surface area contributed by atoms with Crippen LogP contribution in [-0.2, 0) is 0 Å². The molecular weight excluding hydrogens is 214 g/mol. The average Bonchev–Trinajstić information content (AvgIpc) is 3.05. The molecule has 1 aromatic carbocycles. The highest BCUT2D eigenvalue weighted by Gasteiger charge is 2.40. The highest BCUT2D eigenvalue weighted by molar-refractivity contribution is 5.96. The van der Waals surface area contributed by atoms with E-state index in [9.17, 15) is 4.79 Å². The van der Waals surface area contributed by atoms with Crippen molar-refractivity contribution in [2.24, 2.45) is 5.41 Å². The average molecular weight is 233 g/mol. The van der Waals surface area contributed by atoms with Gasteiger partial charge in [0, 0.05) is 23.5 Å². The van der Waals surface area contributed by atoms with Crippen LogP contribution in [0.3, 0.4) is 0 Å². The molecule has 0 saturated heterocycles. The highest BCUT2D eigenvalue weighted by Crippen LogP contribution is 2.47. The van der Waals surface area contributed by atoms with Gasteiger partial charge in [-0.25, -0.2) is 0 Å². The van der Waals surface area contributed by atoms with Gasteiger partial charge in [-0.05, 0) is 42.9 Å². The van der Waals surface area contributed by atoms with Crippen LogP contribution in [0.4, 0.5) is 11.4 Å². The summed E-state index contributed by atoms with van der Waals surface area (Å²) in [6, 6.07) is 4.94. The summed E-state index contributed by atoms with van der Waals surface area (Å²) < 4.78 is 0. The van der Waals surface area contributed by atoms with E-state index in [0.717, 1.165) is 13.0 Å². The molecule has 1 saturated carbocycles. The van der Waals surface area contributed by atoms with Gasteiger partial charge in [0.05, 0.1) is 0 Å². The number of carbonyl (C=O) groups is 1. The number of nitrogens with one attached hydrogen (secondary N) is 1. The van der Waals surface area contributed by atoms with Gasteiger partial charge >= 0.3 is 0 Å². The molecule has 92 valence electrons. The summed E-state index contributed by atoms with van der Waals surface area (Å²) in [6.07, 6.45) is 3.54. The van der Waals surface area contributed by atoms with Crippen molar-refractivity contribution >= 4 is 17.3 Å². The van der Waals surface area contributed by atoms with Gasteiger partial charge in [-0.15, -0.1) is 0 Å². The highest BCUT2D eigenvalue weighted by atomic mass is 16.1. The zero-order chi connectivity index (χ0) is 12.5. The Morgan fingerprint density at radius 1 is 1.29 bits per heavy atom. The Kier molecular flexibility index (Phi) is 2.96. The van der Waals surface area contributed by atoms with Gasteiger partial charge in [0.15, 0.2) is 0 Å². The molecule has 1 amide bonds. The number of carbonyl (C=O) groups excluding carboxylic acids is 1. The zero-order valence-electron chi connectivity index (χ0n) is 10.1. The fraction of sp³-hybridized carbons (Fsp3) is 0.462. The van der Waals surface area contributed by atoms with Crippen LogP contribution >= 0.6 is 0 Å². The molecule has 0 radical (unpaired) electrons. The van der Waals surface area contributed by atoms with Crippen molar-refractivity contribution in [1.29, 1.82) is 0 Å². The molecule has 17 heavy (non-hydrogen) atoms. The molecule has 0 bridgehead atoms. The molecule has 0 aromatic heterocycles. The molecule has 2 rings (SSSR count). The van der Waals surface area contributed by atoms with Gasteiger partial charge in [0.2, 0.25) is 0 Å².